The van der Waals surface area contributed by atoms with E-state index in [1.165, 1.54) is 25.3 Å². The first-order valence-corrected chi connectivity index (χ1v) is 7.55. The summed E-state index contributed by atoms with van der Waals surface area (Å²) in [4.78, 5) is 23.6. The Bertz CT molecular complexity index is 677. The highest BCUT2D eigenvalue weighted by molar-refractivity contribution is 6.01. The third kappa shape index (κ3) is 3.12. The van der Waals surface area contributed by atoms with E-state index in [2.05, 4.69) is 10.1 Å². The van der Waals surface area contributed by atoms with Gasteiger partial charge < -0.3 is 14.8 Å². The molecule has 1 spiro atoms. The molecule has 0 aliphatic carbocycles. The molecule has 2 aliphatic heterocycles. The molecule has 2 heterocycles. The number of esters is 1. The van der Waals surface area contributed by atoms with Crippen molar-refractivity contribution < 1.29 is 23.5 Å². The standard InChI is InChI=1S/C17H18FNO4/c1-22-15(21)3-2-11-8-12-14(20)10-17(4-6-19-7-5-17)23-16(12)13(18)9-11/h2-3,8-9,19H,4-7,10H2,1H3. The number of Topliss-reactive ketones (excluding diaryl/α,β-unsaturated/α-hetero) is 1. The van der Waals surface area contributed by atoms with Crippen LogP contribution in [-0.4, -0.2) is 37.6 Å². The predicted molar refractivity (Wildman–Crippen MR) is 81.9 cm³/mol. The molecule has 1 N–H and O–H groups in total. The van der Waals surface area contributed by atoms with Crippen LogP contribution in [-0.2, 0) is 9.53 Å². The lowest BCUT2D eigenvalue weighted by atomic mass is 9.82. The Kier molecular flexibility index (Phi) is 4.17. The van der Waals surface area contributed by atoms with E-state index in [1.807, 2.05) is 0 Å². The molecule has 1 aromatic rings. The number of halogens is 1. The van der Waals surface area contributed by atoms with Crippen LogP contribution in [0.1, 0.15) is 35.2 Å². The molecule has 0 aromatic heterocycles. The summed E-state index contributed by atoms with van der Waals surface area (Å²) < 4.78 is 24.8. The number of hydrogen-bond donors (Lipinski definition) is 1. The van der Waals surface area contributed by atoms with Gasteiger partial charge in [0.2, 0.25) is 0 Å². The van der Waals surface area contributed by atoms with Gasteiger partial charge in [-0.3, -0.25) is 4.79 Å². The first kappa shape index (κ1) is 15.7. The van der Waals surface area contributed by atoms with Crippen LogP contribution in [0.5, 0.6) is 5.75 Å². The lowest BCUT2D eigenvalue weighted by Crippen LogP contribution is -2.49. The summed E-state index contributed by atoms with van der Waals surface area (Å²) in [6.45, 7) is 1.51. The van der Waals surface area contributed by atoms with Crippen LogP contribution in [0.2, 0.25) is 0 Å². The summed E-state index contributed by atoms with van der Waals surface area (Å²) in [5.41, 5.74) is 0.0584. The number of rotatable bonds is 2. The number of carbonyl (C=O) groups is 2. The molecule has 0 atom stereocenters. The smallest absolute Gasteiger partial charge is 0.330 e. The third-order valence-corrected chi connectivity index (χ3v) is 4.30. The minimum Gasteiger partial charge on any atom is -0.483 e. The first-order chi connectivity index (χ1) is 11.0. The normalized spacial score (nSPS) is 19.5. The summed E-state index contributed by atoms with van der Waals surface area (Å²) in [5, 5.41) is 3.21. The van der Waals surface area contributed by atoms with E-state index >= 15 is 0 Å². The molecule has 1 saturated heterocycles. The summed E-state index contributed by atoms with van der Waals surface area (Å²) in [6.07, 6.45) is 4.22. The number of ether oxygens (including phenoxy) is 2. The average molecular weight is 319 g/mol. The van der Waals surface area contributed by atoms with E-state index in [-0.39, 0.29) is 23.5 Å². The zero-order chi connectivity index (χ0) is 16.4. The monoisotopic (exact) mass is 319 g/mol. The van der Waals surface area contributed by atoms with Gasteiger partial charge in [0.25, 0.3) is 0 Å². The molecule has 6 heteroatoms. The van der Waals surface area contributed by atoms with Crippen LogP contribution >= 0.6 is 0 Å². The van der Waals surface area contributed by atoms with E-state index in [9.17, 15) is 14.0 Å². The second kappa shape index (κ2) is 6.12. The summed E-state index contributed by atoms with van der Waals surface area (Å²) in [6, 6.07) is 2.81. The van der Waals surface area contributed by atoms with E-state index in [1.54, 1.807) is 6.07 Å². The van der Waals surface area contributed by atoms with Gasteiger partial charge in [-0.15, -0.1) is 0 Å². The molecule has 0 amide bonds. The largest absolute Gasteiger partial charge is 0.483 e. The van der Waals surface area contributed by atoms with Crippen molar-refractivity contribution >= 4 is 17.8 Å². The fourth-order valence-corrected chi connectivity index (χ4v) is 3.06. The number of carbonyl (C=O) groups excluding carboxylic acids is 2. The number of hydrogen-bond acceptors (Lipinski definition) is 5. The zero-order valence-corrected chi connectivity index (χ0v) is 12.9. The number of nitrogens with one attached hydrogen (secondary N) is 1. The van der Waals surface area contributed by atoms with E-state index < -0.39 is 17.4 Å². The molecule has 5 nitrogen and oxygen atoms in total. The van der Waals surface area contributed by atoms with Crippen LogP contribution in [0.15, 0.2) is 18.2 Å². The number of ketones is 1. The quantitative estimate of drug-likeness (QED) is 0.668. The molecule has 1 aromatic carbocycles. The van der Waals surface area contributed by atoms with E-state index in [0.29, 0.717) is 18.4 Å². The van der Waals surface area contributed by atoms with Crippen molar-refractivity contribution in [3.8, 4) is 5.75 Å². The number of fused-ring (bicyclic) bond motifs is 1. The maximum atomic E-state index is 14.4. The summed E-state index contributed by atoms with van der Waals surface area (Å²) >= 11 is 0. The Morgan fingerprint density at radius 1 is 1.39 bits per heavy atom. The highest BCUT2D eigenvalue weighted by Gasteiger charge is 2.42. The van der Waals surface area contributed by atoms with Crippen molar-refractivity contribution in [1.29, 1.82) is 0 Å². The Labute approximate surface area is 133 Å². The van der Waals surface area contributed by atoms with Crippen LogP contribution in [0.3, 0.4) is 0 Å². The van der Waals surface area contributed by atoms with Crippen LogP contribution in [0.25, 0.3) is 6.08 Å². The van der Waals surface area contributed by atoms with Crippen molar-refractivity contribution in [2.45, 2.75) is 24.9 Å². The molecule has 0 unspecified atom stereocenters. The van der Waals surface area contributed by atoms with E-state index in [0.717, 1.165) is 13.1 Å². The zero-order valence-electron chi connectivity index (χ0n) is 12.9. The molecular formula is C17H18FNO4. The molecule has 0 saturated carbocycles. The highest BCUT2D eigenvalue weighted by Crippen LogP contribution is 2.40. The number of benzene rings is 1. The van der Waals surface area contributed by atoms with Crippen molar-refractivity contribution in [2.75, 3.05) is 20.2 Å². The Hall–Kier alpha value is -2.21. The molecule has 0 bridgehead atoms. The molecule has 1 fully saturated rings. The maximum Gasteiger partial charge on any atom is 0.330 e. The van der Waals surface area contributed by atoms with Gasteiger partial charge in [0.15, 0.2) is 17.3 Å². The summed E-state index contributed by atoms with van der Waals surface area (Å²) in [5.74, 6) is -1.23. The second-order valence-corrected chi connectivity index (χ2v) is 5.87. The molecule has 122 valence electrons. The fraction of sp³-hybridized carbons (Fsp3) is 0.412. The minimum absolute atomic E-state index is 0.0263. The maximum absolute atomic E-state index is 14.4. The van der Waals surface area contributed by atoms with Crippen LogP contribution in [0.4, 0.5) is 4.39 Å². The minimum atomic E-state index is -0.598. The van der Waals surface area contributed by atoms with Gasteiger partial charge >= 0.3 is 5.97 Å². The first-order valence-electron chi connectivity index (χ1n) is 7.55. The molecule has 3 rings (SSSR count). The van der Waals surface area contributed by atoms with Crippen molar-refractivity contribution in [2.24, 2.45) is 0 Å². The lowest BCUT2D eigenvalue weighted by molar-refractivity contribution is -0.134. The molecule has 0 radical (unpaired) electrons. The number of methoxy groups -OCH3 is 1. The number of piperidine rings is 1. The van der Waals surface area contributed by atoms with Crippen LogP contribution < -0.4 is 10.1 Å². The Morgan fingerprint density at radius 3 is 2.83 bits per heavy atom. The second-order valence-electron chi connectivity index (χ2n) is 5.87. The molecular weight excluding hydrogens is 301 g/mol. The average Bonchev–Trinajstić information content (AvgIpc) is 2.54. The molecule has 2 aliphatic rings. The van der Waals surface area contributed by atoms with Crippen molar-refractivity contribution in [1.82, 2.24) is 5.32 Å². The van der Waals surface area contributed by atoms with Gasteiger partial charge in [-0.1, -0.05) is 0 Å². The molecule has 23 heavy (non-hydrogen) atoms. The SMILES string of the molecule is COC(=O)C=Cc1cc(F)c2c(c1)C(=O)CC1(CCNCC1)O2. The lowest BCUT2D eigenvalue weighted by Gasteiger charge is -2.41. The van der Waals surface area contributed by atoms with Gasteiger partial charge in [0.05, 0.1) is 19.1 Å². The highest BCUT2D eigenvalue weighted by atomic mass is 19.1. The predicted octanol–water partition coefficient (Wildman–Crippen LogP) is 2.10. The van der Waals surface area contributed by atoms with Gasteiger partial charge in [0.1, 0.15) is 5.60 Å². The van der Waals surface area contributed by atoms with Gasteiger partial charge in [-0.2, -0.15) is 0 Å². The van der Waals surface area contributed by atoms with Crippen LogP contribution in [0, 0.1) is 5.82 Å². The van der Waals surface area contributed by atoms with E-state index in [4.69, 9.17) is 4.74 Å². The Balaban J connectivity index is 1.93. The van der Waals surface area contributed by atoms with Crippen molar-refractivity contribution in [3.63, 3.8) is 0 Å². The fourth-order valence-electron chi connectivity index (χ4n) is 3.06. The summed E-state index contributed by atoms with van der Waals surface area (Å²) in [7, 11) is 1.26. The third-order valence-electron chi connectivity index (χ3n) is 4.30. The van der Waals surface area contributed by atoms with Gasteiger partial charge in [0, 0.05) is 18.9 Å². The topological polar surface area (TPSA) is 64.6 Å². The van der Waals surface area contributed by atoms with Crippen molar-refractivity contribution in [3.05, 3.63) is 35.2 Å². The van der Waals surface area contributed by atoms with Gasteiger partial charge in [-0.25, -0.2) is 9.18 Å². The Morgan fingerprint density at radius 2 is 2.13 bits per heavy atom. The van der Waals surface area contributed by atoms with Gasteiger partial charge in [-0.05, 0) is 36.9 Å².